The maximum absolute atomic E-state index is 8.25. The molecule has 0 amide bonds. The zero-order chi connectivity index (χ0) is 18.6. The van der Waals surface area contributed by atoms with Gasteiger partial charge in [-0.2, -0.15) is 41.5 Å². The molecule has 0 aromatic carbocycles. The molecule has 0 rings (SSSR count). The van der Waals surface area contributed by atoms with Crippen LogP contribution in [0.15, 0.2) is 0 Å². The average Bonchev–Trinajstić information content (AvgIpc) is 2.36. The molecule has 0 atom stereocenters. The van der Waals surface area contributed by atoms with Gasteiger partial charge in [-0.25, -0.2) is 0 Å². The molecule has 0 fully saturated rings. The van der Waals surface area contributed by atoms with Crippen LogP contribution in [0.25, 0.3) is 0 Å². The van der Waals surface area contributed by atoms with Crippen LogP contribution in [-0.2, 0) is 43.2 Å². The van der Waals surface area contributed by atoms with Crippen molar-refractivity contribution in [2.24, 2.45) is 0 Å². The molecular formula is C16H40O3TiZn-4. The van der Waals surface area contributed by atoms with E-state index in [0.29, 0.717) is 0 Å². The van der Waals surface area contributed by atoms with Gasteiger partial charge >= 0.3 is 23.7 Å². The van der Waals surface area contributed by atoms with Crippen LogP contribution in [0.3, 0.4) is 0 Å². The Hall–Kier alpha value is 1.06. The smallest absolute Gasteiger partial charge is 0 e. The second kappa shape index (κ2) is 103. The van der Waals surface area contributed by atoms with Crippen LogP contribution in [0, 0.1) is 26.7 Å². The maximum atomic E-state index is 8.25. The van der Waals surface area contributed by atoms with Gasteiger partial charge in [0.2, 0.25) is 0 Å². The molecule has 0 aromatic rings. The predicted octanol–water partition coefficient (Wildman–Crippen LogP) is 4.79. The van der Waals surface area contributed by atoms with Crippen LogP contribution in [0.2, 0.25) is 0 Å². The van der Waals surface area contributed by atoms with Crippen molar-refractivity contribution in [1.82, 2.24) is 0 Å². The first-order valence-corrected chi connectivity index (χ1v) is 7.39. The Morgan fingerprint density at radius 2 is 0.714 bits per heavy atom. The molecule has 0 aromatic heterocycles. The van der Waals surface area contributed by atoms with Crippen molar-refractivity contribution in [2.75, 3.05) is 0 Å². The van der Waals surface area contributed by atoms with Gasteiger partial charge in [0.25, 0.3) is 0 Å². The average molecular weight is 394 g/mol. The Morgan fingerprint density at radius 1 is 0.714 bits per heavy atom. The molecular weight excluding hydrogens is 353 g/mol. The number of rotatable bonds is 0. The van der Waals surface area contributed by atoms with Gasteiger partial charge in [0, 0.05) is 31.7 Å². The Labute approximate surface area is 161 Å². The molecule has 0 saturated heterocycles. The Bertz CT molecular complexity index is 63.0. The summed E-state index contributed by atoms with van der Waals surface area (Å²) in [6, 6.07) is 0. The van der Waals surface area contributed by atoms with Gasteiger partial charge in [-0.05, 0) is 27.7 Å². The van der Waals surface area contributed by atoms with Gasteiger partial charge in [-0.3, -0.25) is 0 Å². The second-order valence-corrected chi connectivity index (χ2v) is 3.34. The summed E-state index contributed by atoms with van der Waals surface area (Å²) >= 11 is 0.750. The molecule has 2 N–H and O–H groups in total. The molecule has 0 aliphatic rings. The molecule has 21 heavy (non-hydrogen) atoms. The van der Waals surface area contributed by atoms with E-state index in [1.807, 2.05) is 40.5 Å². The first-order valence-electron chi connectivity index (χ1n) is 6.75. The van der Waals surface area contributed by atoms with E-state index in [4.69, 9.17) is 13.5 Å². The molecule has 0 radical (unpaired) electrons. The van der Waals surface area contributed by atoms with Crippen LogP contribution in [0.4, 0.5) is 0 Å². The Kier molecular flexibility index (Phi) is 243. The van der Waals surface area contributed by atoms with E-state index >= 15 is 0 Å². The molecule has 0 heterocycles. The zero-order valence-electron chi connectivity index (χ0n) is 16.2. The summed E-state index contributed by atoms with van der Waals surface area (Å²) in [5, 5.41) is 16.1. The third kappa shape index (κ3) is 6840. The summed E-state index contributed by atoms with van der Waals surface area (Å²) in [6.07, 6.45) is 3.67. The van der Waals surface area contributed by atoms with Crippen LogP contribution >= 0.6 is 0 Å². The number of aliphatic hydroxyl groups is 2. The fraction of sp³-hybridized carbons (Fsp3) is 0.750. The Balaban J connectivity index is -0.0000000159. The van der Waals surface area contributed by atoms with Crippen molar-refractivity contribution < 1.29 is 53.4 Å². The minimum absolute atomic E-state index is 0. The summed E-state index contributed by atoms with van der Waals surface area (Å²) in [4.78, 5) is 0. The summed E-state index contributed by atoms with van der Waals surface area (Å²) < 4.78 is 8.25. The van der Waals surface area contributed by atoms with Crippen molar-refractivity contribution >= 4 is 0 Å². The van der Waals surface area contributed by atoms with E-state index in [2.05, 4.69) is 13.8 Å². The largest absolute Gasteiger partial charge is 0 e. The first kappa shape index (κ1) is 49.5. The number of hydrogen-bond acceptors (Lipinski definition) is 3. The van der Waals surface area contributed by atoms with Crippen molar-refractivity contribution in [1.29, 1.82) is 0 Å². The fourth-order valence-electron chi connectivity index (χ4n) is 0. The summed E-state index contributed by atoms with van der Waals surface area (Å²) in [5.41, 5.74) is 0. The minimum Gasteiger partial charge on any atom is 0 e. The molecule has 0 aliphatic carbocycles. The SMILES string of the molecule is CC(C)O.CC(C)O.C[CH-]C.C[CH-]C.[CH2-]C.[CH2-]C.[O]=[Ti].[Zn]. The van der Waals surface area contributed by atoms with Crippen LogP contribution in [0.1, 0.15) is 69.2 Å². The second-order valence-electron chi connectivity index (χ2n) is 3.34. The van der Waals surface area contributed by atoms with Gasteiger partial charge in [0.05, 0.1) is 0 Å². The van der Waals surface area contributed by atoms with Crippen LogP contribution in [0.5, 0.6) is 0 Å². The summed E-state index contributed by atoms with van der Waals surface area (Å²) in [5.74, 6) is 0. The van der Waals surface area contributed by atoms with Crippen LogP contribution < -0.4 is 0 Å². The summed E-state index contributed by atoms with van der Waals surface area (Å²) in [7, 11) is 0. The van der Waals surface area contributed by atoms with E-state index in [1.165, 1.54) is 0 Å². The van der Waals surface area contributed by atoms with Gasteiger partial charge in [0.1, 0.15) is 0 Å². The molecule has 0 spiro atoms. The predicted molar refractivity (Wildman–Crippen MR) is 88.8 cm³/mol. The van der Waals surface area contributed by atoms with Gasteiger partial charge in [-0.1, -0.05) is 0 Å². The standard InChI is InChI=1S/2C3H8O.2C3H7.2C2H5.O.Ti.Zn/c2*1-3(2)4;2*1-3-2;2*1-2;;;/h2*3-4H,1-2H3;2*3H,1-2H3;2*1H2,2H3;;;/q;;4*-1;;;. The van der Waals surface area contributed by atoms with Crippen molar-refractivity contribution in [3.63, 3.8) is 0 Å². The minimum atomic E-state index is -0.167. The molecule has 0 bridgehead atoms. The maximum Gasteiger partial charge on any atom is 0 e. The first-order chi connectivity index (χ1) is 9.29. The summed E-state index contributed by atoms with van der Waals surface area (Å²) in [6.45, 7) is 24.9. The van der Waals surface area contributed by atoms with Crippen LogP contribution in [-0.4, -0.2) is 22.4 Å². The Morgan fingerprint density at radius 3 is 0.714 bits per heavy atom. The third-order valence-electron chi connectivity index (χ3n) is 0. The quantitative estimate of drug-likeness (QED) is 0.459. The molecule has 0 aliphatic heterocycles. The normalized spacial score (nSPS) is 5.86. The molecule has 0 saturated carbocycles. The molecule has 5 heteroatoms. The monoisotopic (exact) mass is 392 g/mol. The van der Waals surface area contributed by atoms with Crippen molar-refractivity contribution in [3.8, 4) is 0 Å². The zero-order valence-corrected chi connectivity index (χ0v) is 20.8. The van der Waals surface area contributed by atoms with Crippen molar-refractivity contribution in [3.05, 3.63) is 26.7 Å². The number of aliphatic hydroxyl groups excluding tert-OH is 2. The van der Waals surface area contributed by atoms with E-state index in [-0.39, 0.29) is 31.7 Å². The molecule has 132 valence electrons. The molecule has 0 unspecified atom stereocenters. The van der Waals surface area contributed by atoms with Gasteiger partial charge < -0.3 is 36.9 Å². The van der Waals surface area contributed by atoms with E-state index in [0.717, 1.165) is 20.4 Å². The van der Waals surface area contributed by atoms with E-state index in [1.54, 1.807) is 41.5 Å². The van der Waals surface area contributed by atoms with Crippen molar-refractivity contribution in [2.45, 2.75) is 81.4 Å². The molecule has 3 nitrogen and oxygen atoms in total. The van der Waals surface area contributed by atoms with E-state index in [9.17, 15) is 0 Å². The fourth-order valence-corrected chi connectivity index (χ4v) is 0. The third-order valence-corrected chi connectivity index (χ3v) is 0. The van der Waals surface area contributed by atoms with E-state index < -0.39 is 0 Å². The van der Waals surface area contributed by atoms with Gasteiger partial charge in [-0.15, -0.1) is 0 Å². The van der Waals surface area contributed by atoms with Gasteiger partial charge in [0.15, 0.2) is 0 Å². The number of hydrogen-bond donors (Lipinski definition) is 2. The topological polar surface area (TPSA) is 57.5 Å².